The summed E-state index contributed by atoms with van der Waals surface area (Å²) in [7, 11) is 0. The molecule has 0 N–H and O–H groups in total. The van der Waals surface area contributed by atoms with E-state index in [0.29, 0.717) is 17.8 Å². The second kappa shape index (κ2) is 33.3. The summed E-state index contributed by atoms with van der Waals surface area (Å²) >= 11 is 11.0. The summed E-state index contributed by atoms with van der Waals surface area (Å²) < 4.78 is 21.8. The lowest BCUT2D eigenvalue weighted by Gasteiger charge is -2.14. The van der Waals surface area contributed by atoms with Crippen LogP contribution in [-0.4, -0.2) is 43.6 Å². The van der Waals surface area contributed by atoms with Gasteiger partial charge in [0.25, 0.3) is 0 Å². The monoisotopic (exact) mass is 2000 g/mol. The fourth-order valence-electron chi connectivity index (χ4n) is 23.7. The largest absolute Gasteiger partial charge is 0.277 e. The molecule has 0 aliphatic heterocycles. The maximum absolute atomic E-state index is 5.67. The molecule has 0 unspecified atom stereocenters. The second-order valence-corrected chi connectivity index (χ2v) is 44.6. The van der Waals surface area contributed by atoms with Crippen molar-refractivity contribution in [2.45, 2.75) is 0 Å². The van der Waals surface area contributed by atoms with E-state index < -0.39 is 0 Å². The molecule has 12 heterocycles. The zero-order chi connectivity index (χ0) is 97.3. The lowest BCUT2D eigenvalue weighted by atomic mass is 9.95. The molecule has 149 heavy (non-hydrogen) atoms. The Kier molecular flexibility index (Phi) is 18.9. The Morgan fingerprint density at radius 2 is 0.436 bits per heavy atom. The molecule has 0 aliphatic carbocycles. The number of benzene rings is 22. The molecule has 0 atom stereocenters. The maximum atomic E-state index is 5.67. The topological polar surface area (TPSA) is 92.1 Å². The van der Waals surface area contributed by atoms with Crippen molar-refractivity contribution in [3.05, 3.63) is 455 Å². The van der Waals surface area contributed by atoms with Crippen LogP contribution in [0.25, 0.3) is 315 Å². The van der Waals surface area contributed by atoms with Gasteiger partial charge in [0.1, 0.15) is 0 Å². The van der Waals surface area contributed by atoms with Gasteiger partial charge in [-0.05, 0) is 139 Å². The average Bonchev–Trinajstić information content (AvgIpc) is 1.54. The van der Waals surface area contributed by atoms with E-state index in [1.165, 1.54) is 172 Å². The van der Waals surface area contributed by atoms with Crippen LogP contribution in [-0.2, 0) is 0 Å². The number of hydrogen-bond acceptors (Lipinski definition) is 12. The third-order valence-corrected chi connectivity index (χ3v) is 37.2. The molecule has 9 nitrogen and oxygen atoms in total. The predicted octanol–water partition coefficient (Wildman–Crippen LogP) is 39.0. The first kappa shape index (κ1) is 84.4. The number of aromatic nitrogens is 9. The standard InChI is InChI=1S/C50H29N3S2.2C42H23N3S2/c1-3-15-30(16-4-1)32-27-33(31-17-5-2-6-18-31)29-34(28-32)45-49-46(39-23-11-14-26-42(39)55-49)52-50(51-45)53-40-24-12-9-21-37(40)44-47(53)36-20-8-7-19-35(36)43-38-22-10-13-25-41(38)54-48(43)44;1-2-14-25-24(12-1)13-11-20-27(25)37-41-38(31-19-7-10-23-34(31)47-41)44-42(43-37)45-32-21-8-5-17-29(32)36-39(45)28-16-4-3-15-26(28)35-30-18-6-9-22-33(30)46-40(35)36;1-2-12-25-23-26(22-21-24(25)11-1)37-41-38(31-17-7-10-20-34(31)47-41)44-42(43-37)45-32-18-8-5-15-29(32)36-39(45)28-14-4-3-13-27(28)35-30-16-6-9-19-33(30)46-40(35)36/h1-29H;2*1-23H. The highest BCUT2D eigenvalue weighted by Gasteiger charge is 2.32. The lowest BCUT2D eigenvalue weighted by molar-refractivity contribution is 1.02. The van der Waals surface area contributed by atoms with E-state index in [0.717, 1.165) is 125 Å². The fourth-order valence-corrected chi connectivity index (χ4v) is 31.0. The van der Waals surface area contributed by atoms with Crippen LogP contribution in [0.4, 0.5) is 0 Å². The van der Waals surface area contributed by atoms with Gasteiger partial charge in [-0.1, -0.05) is 376 Å². The van der Waals surface area contributed by atoms with Gasteiger partial charge in [-0.15, -0.1) is 68.0 Å². The minimum absolute atomic E-state index is 0.675. The third kappa shape index (κ3) is 12.9. The minimum atomic E-state index is 0.675. The van der Waals surface area contributed by atoms with Crippen LogP contribution in [0.5, 0.6) is 0 Å². The van der Waals surface area contributed by atoms with Gasteiger partial charge in [-0.3, -0.25) is 13.7 Å². The molecular weight excluding hydrogens is 1930 g/mol. The van der Waals surface area contributed by atoms with Crippen molar-refractivity contribution >= 4 is 309 Å². The number of nitrogens with zero attached hydrogens (tertiary/aromatic N) is 9. The lowest BCUT2D eigenvalue weighted by Crippen LogP contribution is -2.03. The summed E-state index contributed by atoms with van der Waals surface area (Å²) in [5.74, 6) is 2.07. The molecule has 12 aromatic heterocycles. The van der Waals surface area contributed by atoms with Crippen LogP contribution in [0.15, 0.2) is 455 Å². The highest BCUT2D eigenvalue weighted by Crippen LogP contribution is 2.55. The fraction of sp³-hybridized carbons (Fsp3) is 0. The van der Waals surface area contributed by atoms with Gasteiger partial charge in [-0.2, -0.15) is 0 Å². The number of para-hydroxylation sites is 3. The van der Waals surface area contributed by atoms with Crippen molar-refractivity contribution in [3.8, 4) is 73.9 Å². The first-order valence-electron chi connectivity index (χ1n) is 50.0. The molecule has 22 aromatic carbocycles. The summed E-state index contributed by atoms with van der Waals surface area (Å²) in [6.45, 7) is 0. The van der Waals surface area contributed by atoms with Crippen molar-refractivity contribution < 1.29 is 0 Å². The van der Waals surface area contributed by atoms with Gasteiger partial charge < -0.3 is 0 Å². The Morgan fingerprint density at radius 1 is 0.154 bits per heavy atom. The van der Waals surface area contributed by atoms with Gasteiger partial charge in [0.15, 0.2) is 0 Å². The summed E-state index contributed by atoms with van der Waals surface area (Å²) in [6, 6.07) is 164. The van der Waals surface area contributed by atoms with Crippen molar-refractivity contribution in [1.82, 2.24) is 43.6 Å². The molecule has 692 valence electrons. The van der Waals surface area contributed by atoms with Crippen LogP contribution < -0.4 is 0 Å². The van der Waals surface area contributed by atoms with E-state index in [-0.39, 0.29) is 0 Å². The Labute approximate surface area is 873 Å². The van der Waals surface area contributed by atoms with E-state index in [4.69, 9.17) is 29.9 Å². The van der Waals surface area contributed by atoms with Gasteiger partial charge in [-0.25, -0.2) is 29.9 Å². The van der Waals surface area contributed by atoms with Gasteiger partial charge in [0, 0.05) is 156 Å². The Bertz CT molecular complexity index is 11700. The first-order valence-corrected chi connectivity index (χ1v) is 54.9. The highest BCUT2D eigenvalue weighted by molar-refractivity contribution is 7.29. The van der Waals surface area contributed by atoms with Crippen LogP contribution in [0.1, 0.15) is 0 Å². The van der Waals surface area contributed by atoms with Crippen LogP contribution in [0, 0.1) is 0 Å². The highest BCUT2D eigenvalue weighted by atomic mass is 32.1. The van der Waals surface area contributed by atoms with Crippen LogP contribution in [0.2, 0.25) is 0 Å². The Balaban J connectivity index is 0.0000000993. The zero-order valence-corrected chi connectivity index (χ0v) is 84.2. The Hall–Kier alpha value is -17.9. The molecule has 0 aliphatic rings. The normalized spacial score (nSPS) is 12.2. The Morgan fingerprint density at radius 3 is 0.839 bits per heavy atom. The number of thiophene rings is 6. The predicted molar refractivity (Wildman–Crippen MR) is 641 cm³/mol. The molecule has 15 heteroatoms. The smallest absolute Gasteiger partial charge is 0.235 e. The molecule has 0 bridgehead atoms. The van der Waals surface area contributed by atoms with Crippen molar-refractivity contribution in [2.24, 2.45) is 0 Å². The SMILES string of the molecule is c1ccc(-c2cc(-c3ccccc3)cc(-c3nc(-n4c5ccccc5c5c6sc7ccccc7c6c6ccccc6c54)nc4c3sc3ccccc34)c2)cc1.c1ccc2c(-c3nc(-n4c5ccccc5c5c6sc7ccccc7c6c6ccccc6c54)nc4c3sc3ccccc34)cccc2c1.c1ccc2cc(-c3nc(-n4c5ccccc5c5c6sc7ccccc7c6c6ccccc6c54)nc4c3sc3ccccc34)ccc2c1. The summed E-state index contributed by atoms with van der Waals surface area (Å²) in [6.07, 6.45) is 0. The van der Waals surface area contributed by atoms with Gasteiger partial charge in [0.2, 0.25) is 17.8 Å². The molecule has 0 radical (unpaired) electrons. The van der Waals surface area contributed by atoms with Crippen molar-refractivity contribution in [2.75, 3.05) is 0 Å². The summed E-state index contributed by atoms with van der Waals surface area (Å²) in [5.41, 5.74) is 20.6. The number of rotatable bonds is 8. The molecule has 0 saturated heterocycles. The third-order valence-electron chi connectivity index (χ3n) is 30.2. The van der Waals surface area contributed by atoms with Crippen LogP contribution in [0.3, 0.4) is 0 Å². The van der Waals surface area contributed by atoms with E-state index >= 15 is 0 Å². The average molecular weight is 2000 g/mol. The molecule has 34 aromatic rings. The van der Waals surface area contributed by atoms with Crippen molar-refractivity contribution in [3.63, 3.8) is 0 Å². The molecular formula is C134H75N9S6. The molecule has 0 saturated carbocycles. The zero-order valence-electron chi connectivity index (χ0n) is 79.3. The number of fused-ring (bicyclic) bond motifs is 41. The minimum Gasteiger partial charge on any atom is -0.277 e. The van der Waals surface area contributed by atoms with Crippen molar-refractivity contribution in [1.29, 1.82) is 0 Å². The van der Waals surface area contributed by atoms with Gasteiger partial charge >= 0.3 is 0 Å². The first-order chi connectivity index (χ1) is 73.9. The second-order valence-electron chi connectivity index (χ2n) is 38.3. The van der Waals surface area contributed by atoms with E-state index in [1.54, 1.807) is 34.0 Å². The van der Waals surface area contributed by atoms with Gasteiger partial charge in [0.05, 0.1) is 80.8 Å². The molecule has 0 amide bonds. The quantitative estimate of drug-likeness (QED) is 0.150. The van der Waals surface area contributed by atoms with E-state index in [9.17, 15) is 0 Å². The number of hydrogen-bond donors (Lipinski definition) is 0. The molecule has 0 spiro atoms. The molecule has 0 fully saturated rings. The maximum Gasteiger partial charge on any atom is 0.235 e. The van der Waals surface area contributed by atoms with E-state index in [2.05, 4.69) is 469 Å². The molecule has 34 rings (SSSR count). The van der Waals surface area contributed by atoms with Crippen LogP contribution >= 0.6 is 68.0 Å². The van der Waals surface area contributed by atoms with E-state index in [1.807, 2.05) is 34.0 Å². The summed E-state index contributed by atoms with van der Waals surface area (Å²) in [4.78, 5) is 33.2. The summed E-state index contributed by atoms with van der Waals surface area (Å²) in [5, 5.41) is 31.0.